The van der Waals surface area contributed by atoms with Gasteiger partial charge in [0.05, 0.1) is 11.4 Å². The fourth-order valence-electron chi connectivity index (χ4n) is 4.73. The van der Waals surface area contributed by atoms with E-state index >= 15 is 0 Å². The first-order chi connectivity index (χ1) is 16.7. The summed E-state index contributed by atoms with van der Waals surface area (Å²) in [6.07, 6.45) is 6.03. The zero-order valence-electron chi connectivity index (χ0n) is 19.7. The van der Waals surface area contributed by atoms with Crippen LogP contribution in [0.25, 0.3) is 22.6 Å². The number of rotatable bonds is 7. The highest BCUT2D eigenvalue weighted by Gasteiger charge is 2.26. The summed E-state index contributed by atoms with van der Waals surface area (Å²) < 4.78 is 2.28. The van der Waals surface area contributed by atoms with Crippen molar-refractivity contribution >= 4 is 5.91 Å². The van der Waals surface area contributed by atoms with Crippen molar-refractivity contribution < 1.29 is 4.79 Å². The number of nitrogens with one attached hydrogen (secondary N) is 1. The number of fused-ring (bicyclic) bond motifs is 1. The molecular weight excluding hydrogens is 422 g/mol. The third-order valence-corrected chi connectivity index (χ3v) is 6.59. The Morgan fingerprint density at radius 3 is 2.50 bits per heavy atom. The van der Waals surface area contributed by atoms with Crippen LogP contribution < -0.4 is 0 Å². The van der Waals surface area contributed by atoms with Crippen molar-refractivity contribution in [2.75, 3.05) is 13.6 Å². The molecule has 0 bridgehead atoms. The van der Waals surface area contributed by atoms with Crippen LogP contribution in [0.15, 0.2) is 66.7 Å². The second kappa shape index (κ2) is 10.1. The summed E-state index contributed by atoms with van der Waals surface area (Å²) in [4.78, 5) is 20.1. The van der Waals surface area contributed by atoms with E-state index in [9.17, 15) is 4.79 Å². The molecule has 0 aliphatic carbocycles. The van der Waals surface area contributed by atoms with Gasteiger partial charge in [0.15, 0.2) is 0 Å². The number of aromatic nitrogens is 4. The number of imidazole rings is 1. The topological polar surface area (TPSA) is 66.8 Å². The third kappa shape index (κ3) is 4.67. The SMILES string of the molecule is CN(CCCc1cc(-c2ccccc2)n[nH]1)C(=O)c1nc(-c2ccccc2)n2c1CCCCC2. The quantitative estimate of drug-likeness (QED) is 0.409. The van der Waals surface area contributed by atoms with Gasteiger partial charge in [-0.05, 0) is 38.2 Å². The lowest BCUT2D eigenvalue weighted by atomic mass is 10.1. The number of benzene rings is 2. The molecule has 2 aromatic carbocycles. The van der Waals surface area contributed by atoms with Crippen molar-refractivity contribution in [2.45, 2.75) is 45.1 Å². The van der Waals surface area contributed by atoms with Crippen molar-refractivity contribution in [3.63, 3.8) is 0 Å². The summed E-state index contributed by atoms with van der Waals surface area (Å²) in [5, 5.41) is 7.58. The third-order valence-electron chi connectivity index (χ3n) is 6.59. The minimum Gasteiger partial charge on any atom is -0.340 e. The maximum Gasteiger partial charge on any atom is 0.274 e. The highest BCUT2D eigenvalue weighted by atomic mass is 16.2. The molecule has 0 saturated heterocycles. The highest BCUT2D eigenvalue weighted by Crippen LogP contribution is 2.28. The van der Waals surface area contributed by atoms with Crippen LogP contribution in [0.4, 0.5) is 0 Å². The lowest BCUT2D eigenvalue weighted by molar-refractivity contribution is 0.0787. The van der Waals surface area contributed by atoms with Crippen molar-refractivity contribution in [3.05, 3.63) is 83.8 Å². The molecular formula is C28H31N5O. The normalized spacial score (nSPS) is 13.3. The molecule has 0 atom stereocenters. The predicted molar refractivity (Wildman–Crippen MR) is 135 cm³/mol. The first-order valence-corrected chi connectivity index (χ1v) is 12.2. The maximum absolute atomic E-state index is 13.4. The van der Waals surface area contributed by atoms with E-state index in [1.54, 1.807) is 0 Å². The number of hydrogen-bond donors (Lipinski definition) is 1. The van der Waals surface area contributed by atoms with E-state index in [2.05, 4.69) is 45.1 Å². The fraction of sp³-hybridized carbons (Fsp3) is 0.321. The van der Waals surface area contributed by atoms with Gasteiger partial charge in [-0.25, -0.2) is 4.98 Å². The summed E-state index contributed by atoms with van der Waals surface area (Å²) in [6, 6.07) is 22.5. The Morgan fingerprint density at radius 2 is 1.74 bits per heavy atom. The van der Waals surface area contributed by atoms with E-state index in [0.29, 0.717) is 12.2 Å². The van der Waals surface area contributed by atoms with Crippen LogP contribution in [0, 0.1) is 0 Å². The number of nitrogens with zero attached hydrogens (tertiary/aromatic N) is 4. The molecule has 1 aliphatic rings. The molecule has 6 nitrogen and oxygen atoms in total. The van der Waals surface area contributed by atoms with Crippen molar-refractivity contribution in [1.82, 2.24) is 24.6 Å². The first kappa shape index (κ1) is 22.1. The number of amides is 1. The summed E-state index contributed by atoms with van der Waals surface area (Å²) in [5.74, 6) is 0.933. The average molecular weight is 454 g/mol. The van der Waals surface area contributed by atoms with Gasteiger partial charge in [-0.15, -0.1) is 0 Å². The number of aromatic amines is 1. The number of carbonyl (C=O) groups is 1. The Kier molecular flexibility index (Phi) is 6.56. The monoisotopic (exact) mass is 453 g/mol. The Balaban J connectivity index is 1.27. The Morgan fingerprint density at radius 1 is 1.00 bits per heavy atom. The molecule has 0 radical (unpaired) electrons. The molecule has 1 amide bonds. The van der Waals surface area contributed by atoms with Gasteiger partial charge < -0.3 is 9.47 Å². The second-order valence-electron chi connectivity index (χ2n) is 9.03. The van der Waals surface area contributed by atoms with E-state index in [-0.39, 0.29) is 5.91 Å². The van der Waals surface area contributed by atoms with Gasteiger partial charge in [-0.1, -0.05) is 67.1 Å². The Hall–Kier alpha value is -3.67. The summed E-state index contributed by atoms with van der Waals surface area (Å²) >= 11 is 0. The minimum atomic E-state index is 0.0161. The van der Waals surface area contributed by atoms with E-state index in [1.807, 2.05) is 48.3 Å². The number of hydrogen-bond acceptors (Lipinski definition) is 3. The van der Waals surface area contributed by atoms with Gasteiger partial charge in [-0.3, -0.25) is 9.89 Å². The van der Waals surface area contributed by atoms with Gasteiger partial charge in [-0.2, -0.15) is 5.10 Å². The molecule has 0 spiro atoms. The summed E-state index contributed by atoms with van der Waals surface area (Å²) in [7, 11) is 1.88. The average Bonchev–Trinajstić information content (AvgIpc) is 3.42. The van der Waals surface area contributed by atoms with Crippen LogP contribution in [0.3, 0.4) is 0 Å². The molecule has 0 fully saturated rings. The first-order valence-electron chi connectivity index (χ1n) is 12.2. The van der Waals surface area contributed by atoms with Crippen LogP contribution >= 0.6 is 0 Å². The second-order valence-corrected chi connectivity index (χ2v) is 9.03. The number of carbonyl (C=O) groups excluding carboxylic acids is 1. The largest absolute Gasteiger partial charge is 0.340 e. The van der Waals surface area contributed by atoms with Gasteiger partial charge in [0.2, 0.25) is 0 Å². The van der Waals surface area contributed by atoms with Crippen LogP contribution in [-0.2, 0) is 19.4 Å². The van der Waals surface area contributed by atoms with Gasteiger partial charge in [0.1, 0.15) is 11.5 Å². The van der Waals surface area contributed by atoms with Crippen molar-refractivity contribution in [2.24, 2.45) is 0 Å². The molecule has 3 heterocycles. The molecule has 2 aromatic heterocycles. The zero-order valence-corrected chi connectivity index (χ0v) is 19.7. The van der Waals surface area contributed by atoms with Crippen LogP contribution in [0.5, 0.6) is 0 Å². The maximum atomic E-state index is 13.4. The smallest absolute Gasteiger partial charge is 0.274 e. The Labute approximate surface area is 200 Å². The van der Waals surface area contributed by atoms with E-state index in [0.717, 1.165) is 72.7 Å². The van der Waals surface area contributed by atoms with Gasteiger partial charge in [0, 0.05) is 37.0 Å². The van der Waals surface area contributed by atoms with Gasteiger partial charge in [0.25, 0.3) is 5.91 Å². The molecule has 0 saturated carbocycles. The molecule has 1 N–H and O–H groups in total. The number of H-pyrrole nitrogens is 1. The lowest BCUT2D eigenvalue weighted by Crippen LogP contribution is -2.29. The molecule has 34 heavy (non-hydrogen) atoms. The van der Waals surface area contributed by atoms with Crippen LogP contribution in [0.1, 0.15) is 47.6 Å². The molecule has 4 aromatic rings. The van der Waals surface area contributed by atoms with E-state index in [4.69, 9.17) is 4.98 Å². The predicted octanol–water partition coefficient (Wildman–Crippen LogP) is 5.37. The molecule has 174 valence electrons. The van der Waals surface area contributed by atoms with E-state index in [1.165, 1.54) is 6.42 Å². The minimum absolute atomic E-state index is 0.0161. The van der Waals surface area contributed by atoms with Gasteiger partial charge >= 0.3 is 0 Å². The van der Waals surface area contributed by atoms with Crippen molar-refractivity contribution in [3.8, 4) is 22.6 Å². The zero-order chi connectivity index (χ0) is 23.3. The van der Waals surface area contributed by atoms with E-state index < -0.39 is 0 Å². The highest BCUT2D eigenvalue weighted by molar-refractivity contribution is 5.94. The molecule has 0 unspecified atom stereocenters. The fourth-order valence-corrected chi connectivity index (χ4v) is 4.73. The summed E-state index contributed by atoms with van der Waals surface area (Å²) in [6.45, 7) is 1.60. The molecule has 5 rings (SSSR count). The Bertz CT molecular complexity index is 1240. The molecule has 6 heteroatoms. The van der Waals surface area contributed by atoms with Crippen LogP contribution in [-0.4, -0.2) is 44.1 Å². The van der Waals surface area contributed by atoms with Crippen molar-refractivity contribution in [1.29, 1.82) is 0 Å². The molecule has 1 aliphatic heterocycles. The standard InChI is InChI=1S/C28H31N5O/c1-32(18-11-16-23-20-24(31-30-23)21-12-5-2-6-13-21)28(34)26-25-17-9-4-10-19-33(25)27(29-26)22-14-7-3-8-15-22/h2-3,5-8,12-15,20H,4,9-11,16-19H2,1H3,(H,30,31). The number of aryl methyl sites for hydroxylation is 1. The lowest BCUT2D eigenvalue weighted by Gasteiger charge is -2.16. The van der Waals surface area contributed by atoms with Crippen LogP contribution in [0.2, 0.25) is 0 Å². The summed E-state index contributed by atoms with van der Waals surface area (Å²) in [5.41, 5.74) is 5.93.